The van der Waals surface area contributed by atoms with Crippen LogP contribution in [0.15, 0.2) is 59.3 Å². The molecule has 0 radical (unpaired) electrons. The molecule has 1 aromatic carbocycles. The van der Waals surface area contributed by atoms with E-state index in [2.05, 4.69) is 5.32 Å². The first kappa shape index (κ1) is 19.1. The number of hydrogen-bond acceptors (Lipinski definition) is 5. The van der Waals surface area contributed by atoms with Gasteiger partial charge in [-0.3, -0.25) is 9.59 Å². The first-order chi connectivity index (χ1) is 13.2. The second-order valence-corrected chi connectivity index (χ2v) is 7.86. The Hall–Kier alpha value is -2.64. The summed E-state index contributed by atoms with van der Waals surface area (Å²) in [5, 5.41) is 6.70. The van der Waals surface area contributed by atoms with Gasteiger partial charge in [0.1, 0.15) is 5.75 Å². The van der Waals surface area contributed by atoms with Crippen molar-refractivity contribution >= 4 is 34.5 Å². The third kappa shape index (κ3) is 5.18. The van der Waals surface area contributed by atoms with Gasteiger partial charge in [-0.2, -0.15) is 0 Å². The molecule has 0 fully saturated rings. The lowest BCUT2D eigenvalue weighted by Gasteiger charge is -2.22. The van der Waals surface area contributed by atoms with E-state index in [9.17, 15) is 9.59 Å². The smallest absolute Gasteiger partial charge is 0.255 e. The van der Waals surface area contributed by atoms with Gasteiger partial charge in [-0.15, -0.1) is 22.7 Å². The molecule has 0 atom stereocenters. The molecule has 2 heterocycles. The number of para-hydroxylation sites is 1. The van der Waals surface area contributed by atoms with Gasteiger partial charge in [-0.1, -0.05) is 24.3 Å². The number of thiophene rings is 2. The molecule has 3 aromatic rings. The summed E-state index contributed by atoms with van der Waals surface area (Å²) < 4.78 is 5.21. The summed E-state index contributed by atoms with van der Waals surface area (Å²) in [4.78, 5) is 29.2. The summed E-state index contributed by atoms with van der Waals surface area (Å²) in [7, 11) is 1.51. The van der Waals surface area contributed by atoms with E-state index in [4.69, 9.17) is 4.74 Å². The lowest BCUT2D eigenvalue weighted by atomic mass is 10.2. The lowest BCUT2D eigenvalue weighted by molar-refractivity contribution is -0.131. The molecule has 0 saturated carbocycles. The minimum absolute atomic E-state index is 0.0619. The monoisotopic (exact) mass is 400 g/mol. The van der Waals surface area contributed by atoms with Crippen LogP contribution in [0.5, 0.6) is 5.75 Å². The number of carbonyl (C=O) groups is 2. The fraction of sp³-hybridized carbons (Fsp3) is 0.200. The van der Waals surface area contributed by atoms with Gasteiger partial charge in [0, 0.05) is 9.75 Å². The van der Waals surface area contributed by atoms with Crippen molar-refractivity contribution in [1.82, 2.24) is 10.2 Å². The summed E-state index contributed by atoms with van der Waals surface area (Å²) in [6.45, 7) is 0.992. The third-order valence-corrected chi connectivity index (χ3v) is 5.68. The zero-order valence-corrected chi connectivity index (χ0v) is 16.5. The van der Waals surface area contributed by atoms with Crippen LogP contribution in [-0.4, -0.2) is 30.4 Å². The highest BCUT2D eigenvalue weighted by Crippen LogP contribution is 2.18. The fourth-order valence-electron chi connectivity index (χ4n) is 2.61. The van der Waals surface area contributed by atoms with Crippen molar-refractivity contribution in [3.63, 3.8) is 0 Å². The van der Waals surface area contributed by atoms with Crippen LogP contribution in [0.3, 0.4) is 0 Å². The molecule has 2 aromatic heterocycles. The Balaban J connectivity index is 1.65. The number of methoxy groups -OCH3 is 1. The zero-order valence-electron chi connectivity index (χ0n) is 14.9. The molecule has 3 rings (SSSR count). The minimum Gasteiger partial charge on any atom is -0.496 e. The second-order valence-electron chi connectivity index (χ2n) is 5.79. The Kier molecular flexibility index (Phi) is 6.62. The molecule has 140 valence electrons. The maximum atomic E-state index is 12.8. The quantitative estimate of drug-likeness (QED) is 0.626. The summed E-state index contributed by atoms with van der Waals surface area (Å²) in [6, 6.07) is 14.9. The molecule has 5 nitrogen and oxygen atoms in total. The molecule has 27 heavy (non-hydrogen) atoms. The van der Waals surface area contributed by atoms with Gasteiger partial charge in [0.2, 0.25) is 5.91 Å². The topological polar surface area (TPSA) is 58.6 Å². The average molecular weight is 401 g/mol. The Bertz CT molecular complexity index is 840. The molecule has 0 aliphatic carbocycles. The van der Waals surface area contributed by atoms with Gasteiger partial charge in [0.05, 0.1) is 32.3 Å². The number of rotatable bonds is 8. The van der Waals surface area contributed by atoms with E-state index in [0.29, 0.717) is 24.4 Å². The number of benzene rings is 1. The van der Waals surface area contributed by atoms with Crippen LogP contribution in [-0.2, 0) is 17.9 Å². The summed E-state index contributed by atoms with van der Waals surface area (Å²) >= 11 is 3.23. The molecule has 0 saturated heterocycles. The Labute approximate surface area is 166 Å². The van der Waals surface area contributed by atoms with Gasteiger partial charge in [-0.05, 0) is 35.0 Å². The molecule has 0 aliphatic rings. The van der Waals surface area contributed by atoms with Gasteiger partial charge >= 0.3 is 0 Å². The van der Waals surface area contributed by atoms with Crippen LogP contribution in [0.25, 0.3) is 0 Å². The molecule has 1 N–H and O–H groups in total. The predicted octanol–water partition coefficient (Wildman–Crippen LogP) is 3.78. The maximum Gasteiger partial charge on any atom is 0.255 e. The van der Waals surface area contributed by atoms with Crippen LogP contribution >= 0.6 is 22.7 Å². The highest BCUT2D eigenvalue weighted by atomic mass is 32.1. The number of carbonyl (C=O) groups excluding carboxylic acids is 2. The summed E-state index contributed by atoms with van der Waals surface area (Å²) in [6.07, 6.45) is 0. The van der Waals surface area contributed by atoms with Crippen LogP contribution in [0.2, 0.25) is 0 Å². The van der Waals surface area contributed by atoms with Gasteiger partial charge in [0.15, 0.2) is 0 Å². The second kappa shape index (κ2) is 9.34. The van der Waals surface area contributed by atoms with E-state index in [1.165, 1.54) is 7.11 Å². The molecular formula is C20H20N2O3S2. The normalized spacial score (nSPS) is 10.4. The first-order valence-corrected chi connectivity index (χ1v) is 10.2. The van der Waals surface area contributed by atoms with E-state index in [0.717, 1.165) is 9.75 Å². The van der Waals surface area contributed by atoms with Gasteiger partial charge < -0.3 is 15.0 Å². The number of nitrogens with one attached hydrogen (secondary N) is 1. The number of ether oxygens (including phenoxy) is 1. The van der Waals surface area contributed by atoms with Crippen molar-refractivity contribution in [3.05, 3.63) is 74.6 Å². The molecule has 7 heteroatoms. The predicted molar refractivity (Wildman–Crippen MR) is 108 cm³/mol. The average Bonchev–Trinajstić information content (AvgIpc) is 3.39. The fourth-order valence-corrected chi connectivity index (χ4v) is 4.05. The zero-order chi connectivity index (χ0) is 19.1. The third-order valence-electron chi connectivity index (χ3n) is 3.96. The number of nitrogens with zero attached hydrogens (tertiary/aromatic N) is 1. The highest BCUT2D eigenvalue weighted by Gasteiger charge is 2.18. The van der Waals surface area contributed by atoms with Crippen molar-refractivity contribution in [2.75, 3.05) is 13.7 Å². The SMILES string of the molecule is COc1ccccc1C(=O)NCC(=O)N(Cc1cccs1)Cc1cccs1. The lowest BCUT2D eigenvalue weighted by Crippen LogP contribution is -2.39. The van der Waals surface area contributed by atoms with Crippen molar-refractivity contribution in [2.45, 2.75) is 13.1 Å². The molecule has 0 bridgehead atoms. The largest absolute Gasteiger partial charge is 0.496 e. The standard InChI is InChI=1S/C20H20N2O3S2/c1-25-18-9-3-2-8-17(18)20(24)21-12-19(23)22(13-15-6-4-10-26-15)14-16-7-5-11-27-16/h2-11H,12-14H2,1H3,(H,21,24). The summed E-state index contributed by atoms with van der Waals surface area (Å²) in [5.41, 5.74) is 0.413. The highest BCUT2D eigenvalue weighted by molar-refractivity contribution is 7.10. The number of amides is 2. The van der Waals surface area contributed by atoms with Crippen molar-refractivity contribution in [1.29, 1.82) is 0 Å². The number of hydrogen-bond donors (Lipinski definition) is 1. The molecular weight excluding hydrogens is 380 g/mol. The van der Waals surface area contributed by atoms with Crippen molar-refractivity contribution in [3.8, 4) is 5.75 Å². The molecule has 0 spiro atoms. The molecule has 2 amide bonds. The first-order valence-electron chi connectivity index (χ1n) is 8.41. The Morgan fingerprint density at radius 2 is 1.59 bits per heavy atom. The maximum absolute atomic E-state index is 12.8. The van der Waals surface area contributed by atoms with E-state index < -0.39 is 0 Å². The van der Waals surface area contributed by atoms with Crippen molar-refractivity contribution < 1.29 is 14.3 Å². The van der Waals surface area contributed by atoms with E-state index in [1.807, 2.05) is 35.0 Å². The van der Waals surface area contributed by atoms with E-state index in [1.54, 1.807) is 51.8 Å². The minimum atomic E-state index is -0.326. The Morgan fingerprint density at radius 1 is 0.963 bits per heavy atom. The Morgan fingerprint density at radius 3 is 2.15 bits per heavy atom. The molecule has 0 aliphatic heterocycles. The van der Waals surface area contributed by atoms with Gasteiger partial charge in [0.25, 0.3) is 5.91 Å². The van der Waals surface area contributed by atoms with Crippen LogP contribution in [0.1, 0.15) is 20.1 Å². The van der Waals surface area contributed by atoms with E-state index in [-0.39, 0.29) is 18.4 Å². The van der Waals surface area contributed by atoms with Crippen molar-refractivity contribution in [2.24, 2.45) is 0 Å². The molecule has 0 unspecified atom stereocenters. The van der Waals surface area contributed by atoms with Crippen LogP contribution in [0, 0.1) is 0 Å². The van der Waals surface area contributed by atoms with Crippen LogP contribution in [0.4, 0.5) is 0 Å². The van der Waals surface area contributed by atoms with Crippen LogP contribution < -0.4 is 10.1 Å². The van der Waals surface area contributed by atoms with E-state index >= 15 is 0 Å². The van der Waals surface area contributed by atoms with Gasteiger partial charge in [-0.25, -0.2) is 0 Å². The summed E-state index contributed by atoms with van der Waals surface area (Å²) in [5.74, 6) is 0.0320.